The molecule has 0 aliphatic heterocycles. The van der Waals surface area contributed by atoms with E-state index in [9.17, 15) is 4.79 Å². The second-order valence-electron chi connectivity index (χ2n) is 13.1. The maximum Gasteiger partial charge on any atom is 0.157 e. The highest BCUT2D eigenvalue weighted by Gasteiger charge is 2.63. The molecular formula is C29H41N3O. The van der Waals surface area contributed by atoms with Gasteiger partial charge in [-0.1, -0.05) is 34.1 Å². The highest BCUT2D eigenvalue weighted by Crippen LogP contribution is 2.71. The lowest BCUT2D eigenvalue weighted by atomic mass is 9.40. The van der Waals surface area contributed by atoms with Gasteiger partial charge in [0.05, 0.1) is 17.9 Å². The summed E-state index contributed by atoms with van der Waals surface area (Å²) in [5, 5.41) is 5.59. The lowest BCUT2D eigenvalue weighted by Crippen LogP contribution is -2.57. The molecule has 4 saturated carbocycles. The Bertz CT molecular complexity index is 1080. The van der Waals surface area contributed by atoms with E-state index in [1.165, 1.54) is 51.4 Å². The zero-order valence-corrected chi connectivity index (χ0v) is 21.0. The van der Waals surface area contributed by atoms with Crippen molar-refractivity contribution in [3.63, 3.8) is 0 Å². The smallest absolute Gasteiger partial charge is 0.157 e. The molecule has 8 unspecified atom stereocenters. The first-order valence-corrected chi connectivity index (χ1v) is 13.5. The first-order valence-electron chi connectivity index (χ1n) is 13.5. The highest BCUT2D eigenvalue weighted by atomic mass is 16.1. The van der Waals surface area contributed by atoms with Crippen molar-refractivity contribution in [2.45, 2.75) is 92.0 Å². The van der Waals surface area contributed by atoms with Crippen molar-refractivity contribution >= 4 is 16.7 Å². The fourth-order valence-corrected chi connectivity index (χ4v) is 9.77. The number of ketones is 1. The summed E-state index contributed by atoms with van der Waals surface area (Å²) in [6.45, 7) is 10.6. The van der Waals surface area contributed by atoms with E-state index in [4.69, 9.17) is 0 Å². The minimum atomic E-state index is 0.172. The van der Waals surface area contributed by atoms with Crippen LogP contribution in [0.2, 0.25) is 0 Å². The van der Waals surface area contributed by atoms with Gasteiger partial charge in [0, 0.05) is 17.5 Å². The number of fused-ring (bicyclic) bond motifs is 6. The summed E-state index contributed by atoms with van der Waals surface area (Å²) in [5.41, 5.74) is 2.15. The van der Waals surface area contributed by atoms with Gasteiger partial charge in [-0.3, -0.25) is 14.5 Å². The minimum absolute atomic E-state index is 0.172. The van der Waals surface area contributed by atoms with Crippen LogP contribution >= 0.6 is 0 Å². The van der Waals surface area contributed by atoms with Gasteiger partial charge in [0.15, 0.2) is 5.78 Å². The molecule has 4 fully saturated rings. The van der Waals surface area contributed by atoms with E-state index >= 15 is 0 Å². The number of hydrogen-bond acceptors (Lipinski definition) is 3. The third-order valence-electron chi connectivity index (χ3n) is 11.8. The SMILES string of the molecule is CC1CCC2(C)C3CCC4(C)C(C(=O)Cn5ncc6ccncc65)CCC4C3CCC2(C)C1. The lowest BCUT2D eigenvalue weighted by Gasteiger charge is -2.65. The molecule has 0 radical (unpaired) electrons. The molecule has 2 aromatic heterocycles. The van der Waals surface area contributed by atoms with E-state index in [1.54, 1.807) is 6.20 Å². The van der Waals surface area contributed by atoms with Gasteiger partial charge in [-0.2, -0.15) is 5.10 Å². The number of rotatable bonds is 3. The Labute approximate surface area is 198 Å². The van der Waals surface area contributed by atoms with Gasteiger partial charge in [0.1, 0.15) is 6.54 Å². The highest BCUT2D eigenvalue weighted by molar-refractivity contribution is 5.84. The third kappa shape index (κ3) is 3.04. The summed E-state index contributed by atoms with van der Waals surface area (Å²) in [6.07, 6.45) is 17.4. The van der Waals surface area contributed by atoms with Gasteiger partial charge >= 0.3 is 0 Å². The summed E-state index contributed by atoms with van der Waals surface area (Å²) in [6, 6.07) is 1.97. The second kappa shape index (κ2) is 7.39. The summed E-state index contributed by atoms with van der Waals surface area (Å²) in [4.78, 5) is 17.9. The quantitative estimate of drug-likeness (QED) is 0.527. The van der Waals surface area contributed by atoms with Gasteiger partial charge in [-0.15, -0.1) is 0 Å². The monoisotopic (exact) mass is 447 g/mol. The van der Waals surface area contributed by atoms with Crippen LogP contribution in [0, 0.1) is 45.8 Å². The predicted octanol–water partition coefficient (Wildman–Crippen LogP) is 6.69. The Morgan fingerprint density at radius 2 is 1.88 bits per heavy atom. The molecule has 0 bridgehead atoms. The van der Waals surface area contributed by atoms with Crippen LogP contribution < -0.4 is 0 Å². The van der Waals surface area contributed by atoms with Crippen LogP contribution in [0.5, 0.6) is 0 Å². The van der Waals surface area contributed by atoms with Gasteiger partial charge in [-0.25, -0.2) is 0 Å². The molecule has 0 saturated heterocycles. The largest absolute Gasteiger partial charge is 0.297 e. The van der Waals surface area contributed by atoms with Gasteiger partial charge in [0.25, 0.3) is 0 Å². The molecule has 6 rings (SSSR count). The number of aromatic nitrogens is 3. The van der Waals surface area contributed by atoms with Crippen molar-refractivity contribution < 1.29 is 4.79 Å². The Morgan fingerprint density at radius 1 is 1.03 bits per heavy atom. The Hall–Kier alpha value is -1.71. The van der Waals surface area contributed by atoms with Crippen LogP contribution in [-0.2, 0) is 11.3 Å². The zero-order chi connectivity index (χ0) is 23.0. The molecular weight excluding hydrogens is 406 g/mol. The van der Waals surface area contributed by atoms with Gasteiger partial charge in [0.2, 0.25) is 0 Å². The van der Waals surface area contributed by atoms with Crippen LogP contribution in [0.25, 0.3) is 10.9 Å². The average molecular weight is 448 g/mol. The van der Waals surface area contributed by atoms with Gasteiger partial charge < -0.3 is 0 Å². The van der Waals surface area contributed by atoms with Gasteiger partial charge in [-0.05, 0) is 97.3 Å². The first-order chi connectivity index (χ1) is 15.8. The van der Waals surface area contributed by atoms with E-state index in [0.29, 0.717) is 23.2 Å². The molecule has 4 aliphatic rings. The third-order valence-corrected chi connectivity index (χ3v) is 11.8. The molecule has 0 aromatic carbocycles. The van der Waals surface area contributed by atoms with Crippen LogP contribution in [0.1, 0.15) is 85.5 Å². The van der Waals surface area contributed by atoms with Crippen LogP contribution in [-0.4, -0.2) is 20.5 Å². The molecule has 33 heavy (non-hydrogen) atoms. The maximum atomic E-state index is 13.7. The number of pyridine rings is 1. The van der Waals surface area contributed by atoms with E-state index in [0.717, 1.165) is 41.0 Å². The standard InChI is InChI=1S/C29H41N3O/c1-19-7-13-29(4)23-9-12-28(3)22(21(23)8-11-27(29,2)15-19)5-6-24(28)26(33)18-32-25-17-30-14-10-20(25)16-31-32/h10,14,16-17,19,21-24H,5-9,11-13,15,18H2,1-4H3. The van der Waals surface area contributed by atoms with E-state index < -0.39 is 0 Å². The molecule has 0 N–H and O–H groups in total. The van der Waals surface area contributed by atoms with Crippen molar-refractivity contribution in [3.8, 4) is 0 Å². The molecule has 4 aliphatic carbocycles. The average Bonchev–Trinajstić information content (AvgIpc) is 3.35. The lowest BCUT2D eigenvalue weighted by molar-refractivity contribution is -0.162. The van der Waals surface area contributed by atoms with Crippen LogP contribution in [0.3, 0.4) is 0 Å². The van der Waals surface area contributed by atoms with Crippen molar-refractivity contribution in [1.29, 1.82) is 0 Å². The predicted molar refractivity (Wildman–Crippen MR) is 132 cm³/mol. The van der Waals surface area contributed by atoms with E-state index in [2.05, 4.69) is 37.8 Å². The molecule has 0 spiro atoms. The fourth-order valence-electron chi connectivity index (χ4n) is 9.77. The number of carbonyl (C=O) groups is 1. The Kier molecular flexibility index (Phi) is 4.88. The number of hydrogen-bond donors (Lipinski definition) is 0. The van der Waals surface area contributed by atoms with E-state index in [1.807, 2.05) is 23.1 Å². The van der Waals surface area contributed by atoms with Crippen molar-refractivity contribution in [2.75, 3.05) is 0 Å². The summed E-state index contributed by atoms with van der Waals surface area (Å²) >= 11 is 0. The van der Waals surface area contributed by atoms with E-state index in [-0.39, 0.29) is 11.3 Å². The molecule has 8 atom stereocenters. The molecule has 178 valence electrons. The summed E-state index contributed by atoms with van der Waals surface area (Å²) in [5.74, 6) is 3.87. The molecule has 4 nitrogen and oxygen atoms in total. The molecule has 2 heterocycles. The molecule has 4 heteroatoms. The Morgan fingerprint density at radius 3 is 2.73 bits per heavy atom. The number of Topliss-reactive ketones (excluding diaryl/α,β-unsaturated/α-hetero) is 1. The fraction of sp³-hybridized carbons (Fsp3) is 0.759. The minimum Gasteiger partial charge on any atom is -0.297 e. The van der Waals surface area contributed by atoms with Crippen LogP contribution in [0.15, 0.2) is 24.7 Å². The van der Waals surface area contributed by atoms with Crippen LogP contribution in [0.4, 0.5) is 0 Å². The van der Waals surface area contributed by atoms with Crippen molar-refractivity contribution in [3.05, 3.63) is 24.7 Å². The number of carbonyl (C=O) groups excluding carboxylic acids is 1. The molecule has 0 amide bonds. The Balaban J connectivity index is 1.24. The first kappa shape index (κ1) is 21.8. The number of nitrogens with zero attached hydrogens (tertiary/aromatic N) is 3. The zero-order valence-electron chi connectivity index (χ0n) is 21.0. The van der Waals surface area contributed by atoms with Crippen molar-refractivity contribution in [1.82, 2.24) is 14.8 Å². The molecule has 2 aromatic rings. The summed E-state index contributed by atoms with van der Waals surface area (Å²) in [7, 11) is 0. The summed E-state index contributed by atoms with van der Waals surface area (Å²) < 4.78 is 1.88. The maximum absolute atomic E-state index is 13.7. The second-order valence-corrected chi connectivity index (χ2v) is 13.1. The van der Waals surface area contributed by atoms with Crippen molar-refractivity contribution in [2.24, 2.45) is 45.8 Å². The normalized spacial score (nSPS) is 44.8. The topological polar surface area (TPSA) is 47.8 Å².